The molecule has 4 nitrogen and oxygen atoms in total. The molecule has 0 radical (unpaired) electrons. The summed E-state index contributed by atoms with van der Waals surface area (Å²) in [6.45, 7) is 0. The molecule has 65 heavy (non-hydrogen) atoms. The van der Waals surface area contributed by atoms with E-state index in [-0.39, 0.29) is 0 Å². The Morgan fingerprint density at radius 3 is 1.77 bits per heavy atom. The van der Waals surface area contributed by atoms with Crippen LogP contribution in [0.25, 0.3) is 55.3 Å². The summed E-state index contributed by atoms with van der Waals surface area (Å²) in [5.74, 6) is 0. The number of hydrogen-bond donors (Lipinski definition) is 0. The quantitative estimate of drug-likeness (QED) is 0.162. The first-order valence-electron chi connectivity index (χ1n) is 22.0. The molecule has 0 saturated carbocycles. The van der Waals surface area contributed by atoms with Gasteiger partial charge in [-0.3, -0.25) is 4.98 Å². The fourth-order valence-corrected chi connectivity index (χ4v) is 13.9. The fourth-order valence-electron chi connectivity index (χ4n) is 10.8. The highest BCUT2D eigenvalue weighted by atomic mass is 31.2. The molecule has 0 amide bonds. The number of furan rings is 1. The number of rotatable bonds is 5. The van der Waals surface area contributed by atoms with Gasteiger partial charge in [-0.15, -0.1) is 0 Å². The Bertz CT molecular complexity index is 3640. The van der Waals surface area contributed by atoms with Gasteiger partial charge in [-0.2, -0.15) is 0 Å². The van der Waals surface area contributed by atoms with Crippen LogP contribution in [0.5, 0.6) is 0 Å². The average molecular weight is 851 g/mol. The molecule has 2 unspecified atom stereocenters. The van der Waals surface area contributed by atoms with Crippen molar-refractivity contribution in [1.29, 1.82) is 0 Å². The second kappa shape index (κ2) is 14.5. The van der Waals surface area contributed by atoms with Crippen LogP contribution in [0.15, 0.2) is 241 Å². The zero-order chi connectivity index (χ0) is 43.1. The Hall–Kier alpha value is -8.04. The van der Waals surface area contributed by atoms with Crippen molar-refractivity contribution in [3.63, 3.8) is 0 Å². The minimum absolute atomic E-state index is 0.726. The zero-order valence-corrected chi connectivity index (χ0v) is 36.1. The Morgan fingerprint density at radius 1 is 0.400 bits per heavy atom. The van der Waals surface area contributed by atoms with Gasteiger partial charge in [0.25, 0.3) is 0 Å². The van der Waals surface area contributed by atoms with Crippen LogP contribution in [0.4, 0.5) is 17.1 Å². The fraction of sp³-hybridized carbons (Fsp3) is 0.0167. The topological polar surface area (TPSA) is 46.3 Å². The Morgan fingerprint density at radius 2 is 1.00 bits per heavy atom. The molecule has 2 aliphatic heterocycles. The Labute approximate surface area is 377 Å². The van der Waals surface area contributed by atoms with Crippen LogP contribution in [0.2, 0.25) is 0 Å². The first-order chi connectivity index (χ1) is 32.1. The van der Waals surface area contributed by atoms with Crippen molar-refractivity contribution in [2.45, 2.75) is 5.41 Å². The van der Waals surface area contributed by atoms with Crippen LogP contribution in [-0.2, 0) is 9.98 Å². The van der Waals surface area contributed by atoms with E-state index in [0.717, 1.165) is 111 Å². The maximum Gasteiger partial charge on any atom is 0.171 e. The molecule has 5 heteroatoms. The van der Waals surface area contributed by atoms with Crippen molar-refractivity contribution in [1.82, 2.24) is 4.98 Å². The molecular formula is C60H39N2O2P. The normalized spacial score (nSPS) is 17.1. The number of nitrogens with zero attached hydrogens (tertiary/aromatic N) is 2. The lowest BCUT2D eigenvalue weighted by atomic mass is 9.61. The van der Waals surface area contributed by atoms with Crippen molar-refractivity contribution in [2.75, 3.05) is 4.90 Å². The number of hydrogen-bond acceptors (Lipinski definition) is 4. The summed E-state index contributed by atoms with van der Waals surface area (Å²) < 4.78 is 23.4. The second-order valence-corrected chi connectivity index (χ2v) is 19.7. The van der Waals surface area contributed by atoms with Crippen molar-refractivity contribution in [3.05, 3.63) is 259 Å². The summed E-state index contributed by atoms with van der Waals surface area (Å²) in [4.78, 5) is 6.76. The molecule has 4 heterocycles. The average Bonchev–Trinajstić information content (AvgIpc) is 3.75. The number of para-hydroxylation sites is 3. The molecule has 0 N–H and O–H groups in total. The van der Waals surface area contributed by atoms with Gasteiger partial charge in [-0.25, -0.2) is 0 Å². The van der Waals surface area contributed by atoms with E-state index in [4.69, 9.17) is 4.42 Å². The third-order valence-electron chi connectivity index (χ3n) is 13.6. The SMILES string of the molecule is O=P1(c2ccccc2)c2ccccc2C2(c3ccccc3N(c3ccccc3)c3cc(-c4cc(-c5ccccc5)cc(-c5ccncc5)c4)ccc32)c2cc3c(cc21)oc1ccccc13. The largest absolute Gasteiger partial charge is 0.456 e. The molecule has 0 saturated heterocycles. The molecule has 11 aromatic rings. The molecule has 13 rings (SSSR count). The van der Waals surface area contributed by atoms with Crippen LogP contribution >= 0.6 is 7.14 Å². The Kier molecular flexibility index (Phi) is 8.37. The number of pyridine rings is 1. The van der Waals surface area contributed by atoms with E-state index in [1.165, 1.54) is 0 Å². The number of aromatic nitrogens is 1. The van der Waals surface area contributed by atoms with Crippen molar-refractivity contribution in [3.8, 4) is 33.4 Å². The highest BCUT2D eigenvalue weighted by molar-refractivity contribution is 7.85. The van der Waals surface area contributed by atoms with E-state index >= 15 is 4.57 Å². The van der Waals surface area contributed by atoms with Gasteiger partial charge in [0.05, 0.1) is 16.8 Å². The number of benzene rings is 9. The van der Waals surface area contributed by atoms with E-state index in [1.807, 2.05) is 60.9 Å². The maximum absolute atomic E-state index is 16.8. The predicted octanol–water partition coefficient (Wildman–Crippen LogP) is 14.1. The first kappa shape index (κ1) is 37.5. The van der Waals surface area contributed by atoms with Crippen LogP contribution in [0.3, 0.4) is 0 Å². The molecule has 1 spiro atoms. The number of anilines is 3. The smallest absolute Gasteiger partial charge is 0.171 e. The lowest BCUT2D eigenvalue weighted by Crippen LogP contribution is -2.49. The third-order valence-corrected chi connectivity index (χ3v) is 16.7. The van der Waals surface area contributed by atoms with Crippen LogP contribution < -0.4 is 20.8 Å². The van der Waals surface area contributed by atoms with Gasteiger partial charge >= 0.3 is 0 Å². The molecule has 0 aliphatic carbocycles. The van der Waals surface area contributed by atoms with Gasteiger partial charge in [0.1, 0.15) is 11.2 Å². The first-order valence-corrected chi connectivity index (χ1v) is 23.7. The number of fused-ring (bicyclic) bond motifs is 11. The highest BCUT2D eigenvalue weighted by Gasteiger charge is 2.55. The van der Waals surface area contributed by atoms with E-state index in [1.54, 1.807) is 0 Å². The standard InChI is InChI=1S/C60H39N2O2P/c63-65(47-20-8-3-9-21-47)58-27-15-12-24-52(58)60(53-38-49-48-22-10-14-26-56(48)64-57(49)39-59(53)65)50-23-11-13-25-54(50)62(46-18-6-2-7-19-46)55-37-42(28-29-51(55)60)45-35-43(40-16-4-1-5-17-40)34-44(36-45)41-30-32-61-33-31-41/h1-39H. The summed E-state index contributed by atoms with van der Waals surface area (Å²) in [6, 6.07) is 79.3. The third kappa shape index (κ3) is 5.51. The van der Waals surface area contributed by atoms with Gasteiger partial charge in [0, 0.05) is 44.8 Å². The van der Waals surface area contributed by atoms with Gasteiger partial charge in [-0.05, 0) is 128 Å². The highest BCUT2D eigenvalue weighted by Crippen LogP contribution is 2.63. The van der Waals surface area contributed by atoms with E-state index < -0.39 is 12.6 Å². The molecule has 0 fully saturated rings. The predicted molar refractivity (Wildman–Crippen MR) is 267 cm³/mol. The molecular weight excluding hydrogens is 812 g/mol. The molecule has 2 aromatic heterocycles. The zero-order valence-electron chi connectivity index (χ0n) is 35.2. The van der Waals surface area contributed by atoms with Gasteiger partial charge in [0.15, 0.2) is 7.14 Å². The minimum Gasteiger partial charge on any atom is -0.456 e. The van der Waals surface area contributed by atoms with Crippen molar-refractivity contribution < 1.29 is 8.98 Å². The monoisotopic (exact) mass is 850 g/mol. The summed E-state index contributed by atoms with van der Waals surface area (Å²) in [5, 5.41) is 4.46. The lowest BCUT2D eigenvalue weighted by molar-refractivity contribution is 0.590. The molecule has 9 aromatic carbocycles. The van der Waals surface area contributed by atoms with E-state index in [2.05, 4.69) is 186 Å². The summed E-state index contributed by atoms with van der Waals surface area (Å²) in [5.41, 5.74) is 14.8. The van der Waals surface area contributed by atoms with E-state index in [0.29, 0.717) is 0 Å². The molecule has 0 bridgehead atoms. The molecule has 2 aliphatic rings. The van der Waals surface area contributed by atoms with E-state index in [9.17, 15) is 0 Å². The van der Waals surface area contributed by atoms with Crippen molar-refractivity contribution >= 4 is 62.1 Å². The second-order valence-electron chi connectivity index (χ2n) is 17.0. The lowest BCUT2D eigenvalue weighted by Gasteiger charge is -2.50. The Balaban J connectivity index is 1.16. The maximum atomic E-state index is 16.8. The molecule has 306 valence electrons. The molecule has 2 atom stereocenters. The van der Waals surface area contributed by atoms with Crippen molar-refractivity contribution in [2.24, 2.45) is 0 Å². The van der Waals surface area contributed by atoms with Crippen LogP contribution in [-0.4, -0.2) is 4.98 Å². The van der Waals surface area contributed by atoms with Crippen LogP contribution in [0.1, 0.15) is 22.3 Å². The summed E-state index contributed by atoms with van der Waals surface area (Å²) >= 11 is 0. The van der Waals surface area contributed by atoms with Gasteiger partial charge in [-0.1, -0.05) is 152 Å². The van der Waals surface area contributed by atoms with Gasteiger partial charge < -0.3 is 13.9 Å². The summed E-state index contributed by atoms with van der Waals surface area (Å²) in [7, 11) is -3.49. The summed E-state index contributed by atoms with van der Waals surface area (Å²) in [6.07, 6.45) is 3.71. The minimum atomic E-state index is -3.49. The van der Waals surface area contributed by atoms with Crippen LogP contribution in [0, 0.1) is 0 Å². The van der Waals surface area contributed by atoms with Gasteiger partial charge in [0.2, 0.25) is 0 Å².